The lowest BCUT2D eigenvalue weighted by Crippen LogP contribution is -2.17. The van der Waals surface area contributed by atoms with E-state index in [-0.39, 0.29) is 11.9 Å². The molecule has 4 unspecified atom stereocenters. The van der Waals surface area contributed by atoms with Gasteiger partial charge in [0.2, 0.25) is 0 Å². The molecule has 1 aliphatic heterocycles. The van der Waals surface area contributed by atoms with E-state index in [4.69, 9.17) is 17.4 Å². The molecule has 1 heterocycles. The second-order valence-electron chi connectivity index (χ2n) is 5.04. The van der Waals surface area contributed by atoms with Crippen LogP contribution >= 0.6 is 11.8 Å². The van der Waals surface area contributed by atoms with E-state index in [9.17, 15) is 8.78 Å². The Labute approximate surface area is 140 Å². The molecule has 0 saturated heterocycles. The van der Waals surface area contributed by atoms with Crippen LogP contribution in [0.2, 0.25) is 0 Å². The smallest absolute Gasteiger partial charge is 0.154 e. The number of hydrogen-bond acceptors (Lipinski definition) is 4. The maximum atomic E-state index is 14.0. The summed E-state index contributed by atoms with van der Waals surface area (Å²) in [5.41, 5.74) is 7.07. The molecule has 0 bridgehead atoms. The van der Waals surface area contributed by atoms with Crippen molar-refractivity contribution in [1.82, 2.24) is 0 Å². The summed E-state index contributed by atoms with van der Waals surface area (Å²) in [6.07, 6.45) is 5.36. The van der Waals surface area contributed by atoms with Gasteiger partial charge in [-0.25, -0.2) is 4.39 Å². The van der Waals surface area contributed by atoms with Gasteiger partial charge in [-0.1, -0.05) is 24.6 Å². The highest BCUT2D eigenvalue weighted by atomic mass is 32.2. The number of aliphatic imine (C=N–C) groups is 1. The lowest BCUT2D eigenvalue weighted by molar-refractivity contribution is 0.538. The van der Waals surface area contributed by atoms with Crippen molar-refractivity contribution >= 4 is 16.9 Å². The second kappa shape index (κ2) is 8.55. The Hall–Kier alpha value is -2.05. The van der Waals surface area contributed by atoms with Crippen molar-refractivity contribution in [3.05, 3.63) is 35.1 Å². The van der Waals surface area contributed by atoms with Crippen LogP contribution < -0.4 is 5.73 Å². The summed E-state index contributed by atoms with van der Waals surface area (Å²) < 4.78 is 23.5. The molecule has 0 amide bonds. The molecule has 0 aromatic heterocycles. The third kappa shape index (κ3) is 4.24. The van der Waals surface area contributed by atoms with Crippen LogP contribution in [0.5, 0.6) is 0 Å². The van der Waals surface area contributed by atoms with E-state index in [1.54, 1.807) is 30.0 Å². The van der Waals surface area contributed by atoms with Crippen molar-refractivity contribution in [1.29, 1.82) is 5.26 Å². The van der Waals surface area contributed by atoms with Gasteiger partial charge in [-0.3, -0.25) is 9.38 Å². The summed E-state index contributed by atoms with van der Waals surface area (Å²) in [7, 11) is 0.500. The fraction of sp³-hybridized carbons (Fsp3) is 0.412. The molecular weight excluding hydrogens is 316 g/mol. The number of benzene rings is 1. The van der Waals surface area contributed by atoms with Gasteiger partial charge < -0.3 is 5.73 Å². The van der Waals surface area contributed by atoms with Crippen LogP contribution in [0.4, 0.5) is 8.78 Å². The first kappa shape index (κ1) is 19.0. The number of thioether (sulfide) groups is 1. The van der Waals surface area contributed by atoms with E-state index in [1.165, 1.54) is 13.0 Å². The Morgan fingerprint density at radius 1 is 1.39 bits per heavy atom. The zero-order chi connectivity index (χ0) is 17.6. The van der Waals surface area contributed by atoms with Crippen LogP contribution in [-0.2, 0) is 0 Å². The summed E-state index contributed by atoms with van der Waals surface area (Å²) in [6, 6.07) is 6.31. The van der Waals surface area contributed by atoms with Gasteiger partial charge in [0.15, 0.2) is 5.17 Å². The number of fused-ring (bicyclic) bond motifs is 1. The minimum atomic E-state index is -0.250. The number of amidine groups is 1. The first-order chi connectivity index (χ1) is 11.0. The molecule has 1 aliphatic carbocycles. The minimum Gasteiger partial charge on any atom is -0.379 e. The predicted molar refractivity (Wildman–Crippen MR) is 91.1 cm³/mol. The largest absolute Gasteiger partial charge is 0.379 e. The van der Waals surface area contributed by atoms with Gasteiger partial charge in [-0.2, -0.15) is 5.26 Å². The number of nitrogens with zero attached hydrogens (tertiary/aromatic N) is 2. The zero-order valence-electron chi connectivity index (χ0n) is 13.3. The van der Waals surface area contributed by atoms with E-state index in [2.05, 4.69) is 17.8 Å². The van der Waals surface area contributed by atoms with E-state index in [0.717, 1.165) is 0 Å². The summed E-state index contributed by atoms with van der Waals surface area (Å²) in [5, 5.41) is 8.34. The van der Waals surface area contributed by atoms with E-state index in [0.29, 0.717) is 40.6 Å². The van der Waals surface area contributed by atoms with Gasteiger partial charge in [0, 0.05) is 29.2 Å². The number of nitriles is 1. The lowest BCUT2D eigenvalue weighted by Gasteiger charge is -2.18. The van der Waals surface area contributed by atoms with Crippen molar-refractivity contribution in [3.8, 4) is 18.4 Å². The Morgan fingerprint density at radius 2 is 2.00 bits per heavy atom. The van der Waals surface area contributed by atoms with Gasteiger partial charge in [0.25, 0.3) is 0 Å². The van der Waals surface area contributed by atoms with E-state index < -0.39 is 0 Å². The molecule has 0 spiro atoms. The molecule has 122 valence electrons. The van der Waals surface area contributed by atoms with Crippen LogP contribution in [0.25, 0.3) is 0 Å². The molecule has 1 fully saturated rings. The normalized spacial score (nSPS) is 26.7. The van der Waals surface area contributed by atoms with Gasteiger partial charge in [-0.15, -0.1) is 6.42 Å². The van der Waals surface area contributed by atoms with Crippen molar-refractivity contribution in [2.24, 2.45) is 22.6 Å². The number of halogens is 2. The first-order valence-electron chi connectivity index (χ1n) is 6.98. The number of rotatable bonds is 1. The Bertz CT molecular complexity index is 661. The maximum absolute atomic E-state index is 14.0. The molecule has 3 rings (SSSR count). The SMILES string of the molecule is C#Cc1ccc(F)c(C2N=C(N)SC3C(C)C23)c1.CC#N.CF. The summed E-state index contributed by atoms with van der Waals surface area (Å²) in [5.74, 6) is 3.19. The lowest BCUT2D eigenvalue weighted by atomic mass is 9.99. The highest BCUT2D eigenvalue weighted by Gasteiger charge is 2.55. The molecule has 1 aromatic rings. The molecular formula is C17H19F2N3S. The molecule has 1 saturated carbocycles. The zero-order valence-corrected chi connectivity index (χ0v) is 14.1. The van der Waals surface area contributed by atoms with E-state index >= 15 is 0 Å². The molecule has 2 N–H and O–H groups in total. The fourth-order valence-electron chi connectivity index (χ4n) is 2.64. The average Bonchev–Trinajstić information content (AvgIpc) is 3.20. The highest BCUT2D eigenvalue weighted by Crippen LogP contribution is 2.58. The van der Waals surface area contributed by atoms with Gasteiger partial charge in [-0.05, 0) is 24.1 Å². The number of terminal acetylenes is 1. The molecule has 2 aliphatic rings. The molecule has 6 heteroatoms. The topological polar surface area (TPSA) is 62.2 Å². The molecule has 1 aromatic carbocycles. The summed E-state index contributed by atoms with van der Waals surface area (Å²) in [6.45, 7) is 3.59. The third-order valence-corrected chi connectivity index (χ3v) is 5.10. The van der Waals surface area contributed by atoms with Gasteiger partial charge in [0.1, 0.15) is 5.82 Å². The quantitative estimate of drug-likeness (QED) is 0.797. The van der Waals surface area contributed by atoms with Crippen molar-refractivity contribution < 1.29 is 8.78 Å². The van der Waals surface area contributed by atoms with Gasteiger partial charge in [0.05, 0.1) is 19.3 Å². The standard InChI is InChI=1S/C14H13FN2S.C2H3N.CH3F/c1-3-8-4-5-10(15)9(6-8)12-11-7(2)13(11)18-14(16)17-12;1-2-3;1-2/h1,4-7,11-13H,2H3,(H2,16,17);1H3;1H3. The fourth-order valence-corrected chi connectivity index (χ4v) is 3.95. The van der Waals surface area contributed by atoms with Crippen molar-refractivity contribution in [3.63, 3.8) is 0 Å². The molecule has 0 radical (unpaired) electrons. The second-order valence-corrected chi connectivity index (χ2v) is 6.23. The first-order valence-corrected chi connectivity index (χ1v) is 7.86. The summed E-state index contributed by atoms with van der Waals surface area (Å²) >= 11 is 1.60. The predicted octanol–water partition coefficient (Wildman–Crippen LogP) is 3.66. The van der Waals surface area contributed by atoms with Crippen LogP contribution in [0.15, 0.2) is 23.2 Å². The van der Waals surface area contributed by atoms with Crippen molar-refractivity contribution in [2.45, 2.75) is 25.1 Å². The Balaban J connectivity index is 0.000000477. The van der Waals surface area contributed by atoms with Crippen LogP contribution in [0.1, 0.15) is 31.0 Å². The molecule has 4 atom stereocenters. The minimum absolute atomic E-state index is 0.181. The van der Waals surface area contributed by atoms with Gasteiger partial charge >= 0.3 is 0 Å². The van der Waals surface area contributed by atoms with E-state index in [1.807, 2.05) is 0 Å². The number of alkyl halides is 1. The Morgan fingerprint density at radius 3 is 2.57 bits per heavy atom. The summed E-state index contributed by atoms with van der Waals surface area (Å²) in [4.78, 5) is 4.41. The third-order valence-electron chi connectivity index (χ3n) is 3.73. The average molecular weight is 335 g/mol. The number of hydrogen-bond donors (Lipinski definition) is 1. The Kier molecular flexibility index (Phi) is 7.06. The molecule has 23 heavy (non-hydrogen) atoms. The molecule has 3 nitrogen and oxygen atoms in total. The maximum Gasteiger partial charge on any atom is 0.154 e. The van der Waals surface area contributed by atoms with Crippen LogP contribution in [-0.4, -0.2) is 17.6 Å². The van der Waals surface area contributed by atoms with Crippen molar-refractivity contribution in [2.75, 3.05) is 7.18 Å². The monoisotopic (exact) mass is 335 g/mol. The van der Waals surface area contributed by atoms with Crippen LogP contribution in [0, 0.1) is 41.3 Å². The van der Waals surface area contributed by atoms with Crippen LogP contribution in [0.3, 0.4) is 0 Å². The number of nitrogens with two attached hydrogens (primary N) is 1. The highest BCUT2D eigenvalue weighted by molar-refractivity contribution is 8.14.